The van der Waals surface area contributed by atoms with Crippen molar-refractivity contribution in [3.8, 4) is 0 Å². The quantitative estimate of drug-likeness (QED) is 0.345. The molecule has 0 aliphatic rings. The minimum Gasteiger partial charge on any atom is -0.369 e. The number of hydrogen-bond acceptors (Lipinski definition) is 3. The van der Waals surface area contributed by atoms with Gasteiger partial charge in [-0.2, -0.15) is 0 Å². The van der Waals surface area contributed by atoms with Gasteiger partial charge in [-0.15, -0.1) is 0 Å². The number of carbonyl (C=O) groups excluding carboxylic acids is 1. The molecule has 1 atom stereocenters. The summed E-state index contributed by atoms with van der Waals surface area (Å²) in [5.41, 5.74) is 4.79. The second kappa shape index (κ2) is 4.32. The summed E-state index contributed by atoms with van der Waals surface area (Å²) in [6.07, 6.45) is 0. The largest absolute Gasteiger partial charge is 0.369 e. The Hall–Kier alpha value is -0.590. The molecule has 0 rings (SSSR count). The van der Waals surface area contributed by atoms with Crippen LogP contribution in [0.5, 0.6) is 0 Å². The van der Waals surface area contributed by atoms with E-state index in [1.165, 1.54) is 0 Å². The number of rotatable bonds is 5. The van der Waals surface area contributed by atoms with Gasteiger partial charge in [0.15, 0.2) is 0 Å². The molecular weight excluding hydrogens is 168 g/mol. The highest BCUT2D eigenvalue weighted by molar-refractivity contribution is 7.95. The van der Waals surface area contributed by atoms with Crippen molar-refractivity contribution in [2.24, 2.45) is 5.73 Å². The lowest BCUT2D eigenvalue weighted by atomic mass is 10.6. The highest BCUT2D eigenvalue weighted by Crippen LogP contribution is 1.77. The van der Waals surface area contributed by atoms with E-state index in [4.69, 9.17) is 10.3 Å². The fourth-order valence-corrected chi connectivity index (χ4v) is 0.907. The summed E-state index contributed by atoms with van der Waals surface area (Å²) in [6, 6.07) is 0. The van der Waals surface area contributed by atoms with Crippen molar-refractivity contribution in [2.45, 2.75) is 0 Å². The maximum absolute atomic E-state index is 10.5. The third-order valence-corrected chi connectivity index (χ3v) is 1.74. The van der Waals surface area contributed by atoms with Crippen molar-refractivity contribution in [3.63, 3.8) is 0 Å². The molecule has 0 fully saturated rings. The van der Waals surface area contributed by atoms with E-state index in [-0.39, 0.29) is 18.8 Å². The monoisotopic (exact) mass is 180 g/mol. The maximum Gasteiger partial charge on any atom is 0.231 e. The molecule has 0 spiro atoms. The molecule has 6 heteroatoms. The van der Waals surface area contributed by atoms with Crippen molar-refractivity contribution in [2.75, 3.05) is 18.8 Å². The molecule has 66 valence electrons. The fraction of sp³-hybridized carbons (Fsp3) is 0.600. The first-order valence-electron chi connectivity index (χ1n) is 2.98. The molecule has 11 heavy (non-hydrogen) atoms. The molecule has 0 saturated heterocycles. The van der Waals surface area contributed by atoms with Gasteiger partial charge >= 0.3 is 0 Å². The van der Waals surface area contributed by atoms with Crippen molar-refractivity contribution in [3.05, 3.63) is 0 Å². The van der Waals surface area contributed by atoms with E-state index in [0.29, 0.717) is 0 Å². The average Bonchev–Trinajstić information content (AvgIpc) is 1.78. The lowest BCUT2D eigenvalue weighted by molar-refractivity contribution is -0.117. The van der Waals surface area contributed by atoms with Crippen molar-refractivity contribution >= 4 is 21.6 Å². The summed E-state index contributed by atoms with van der Waals surface area (Å²) >= 11 is 0. The molecule has 0 aromatic heterocycles. The number of nitrogens with two attached hydrogens (primary N) is 1. The van der Waals surface area contributed by atoms with Crippen LogP contribution in [0, 0.1) is 0 Å². The zero-order valence-electron chi connectivity index (χ0n) is 6.08. The Morgan fingerprint density at radius 2 is 2.27 bits per heavy atom. The first-order chi connectivity index (χ1) is 4.92. The van der Waals surface area contributed by atoms with Crippen LogP contribution in [0.2, 0.25) is 0 Å². The zero-order valence-corrected chi connectivity index (χ0v) is 6.89. The van der Waals surface area contributed by atoms with E-state index in [9.17, 15) is 9.00 Å². The molecule has 0 aliphatic heterocycles. The lowest BCUT2D eigenvalue weighted by Gasteiger charge is -2.01. The van der Waals surface area contributed by atoms with Gasteiger partial charge in [-0.05, 0) is 5.87 Å². The Morgan fingerprint density at radius 1 is 1.73 bits per heavy atom. The van der Waals surface area contributed by atoms with Gasteiger partial charge in [-0.25, -0.2) is 4.21 Å². The van der Waals surface area contributed by atoms with Crippen molar-refractivity contribution in [1.29, 1.82) is 0 Å². The molecule has 1 unspecified atom stereocenters. The molecule has 0 bridgehead atoms. The Balaban J connectivity index is 3.37. The van der Waals surface area contributed by atoms with Gasteiger partial charge in [0.05, 0.1) is 22.1 Å². The normalized spacial score (nSPS) is 15.7. The Bertz CT molecular complexity index is 222. The van der Waals surface area contributed by atoms with Gasteiger partial charge in [-0.1, -0.05) is 0 Å². The molecule has 5 nitrogen and oxygen atoms in total. The smallest absolute Gasteiger partial charge is 0.231 e. The van der Waals surface area contributed by atoms with Crippen LogP contribution in [0.25, 0.3) is 0 Å². The first-order valence-corrected chi connectivity index (χ1v) is 4.83. The number of hydrogen-bond donors (Lipinski definition) is 3. The molecule has 0 aromatic rings. The highest BCUT2D eigenvalue weighted by atomic mass is 32.2. The zero-order chi connectivity index (χ0) is 8.91. The molecular formula is C5H12N2O3S. The number of amides is 1. The van der Waals surface area contributed by atoms with E-state index in [1.54, 1.807) is 0 Å². The average molecular weight is 180 g/mol. The number of nitrogens with one attached hydrogen (secondary N) is 1. The van der Waals surface area contributed by atoms with Crippen LogP contribution < -0.4 is 11.1 Å². The van der Waals surface area contributed by atoms with Crippen molar-refractivity contribution < 1.29 is 13.6 Å². The van der Waals surface area contributed by atoms with Crippen LogP contribution in [0.3, 0.4) is 0 Å². The van der Waals surface area contributed by atoms with E-state index < -0.39 is 15.7 Å². The van der Waals surface area contributed by atoms with Gasteiger partial charge in [0.1, 0.15) is 0 Å². The van der Waals surface area contributed by atoms with E-state index >= 15 is 0 Å². The number of primary amides is 1. The van der Waals surface area contributed by atoms with Crippen LogP contribution in [-0.2, 0) is 14.6 Å². The minimum atomic E-state index is -2.94. The van der Waals surface area contributed by atoms with Gasteiger partial charge in [0.25, 0.3) is 0 Å². The van der Waals surface area contributed by atoms with Crippen LogP contribution in [0.15, 0.2) is 0 Å². The summed E-state index contributed by atoms with van der Waals surface area (Å²) in [5, 5.41) is 2.59. The number of carbonyl (C=O) groups is 1. The summed E-state index contributed by atoms with van der Waals surface area (Å²) in [7, 11) is -2.94. The topological polar surface area (TPSA) is 92.4 Å². The van der Waals surface area contributed by atoms with E-state index in [1.807, 2.05) is 0 Å². The summed E-state index contributed by atoms with van der Waals surface area (Å²) in [6.45, 7) is 0.289. The second-order valence-electron chi connectivity index (χ2n) is 2.12. The van der Waals surface area contributed by atoms with Gasteiger partial charge in [0.2, 0.25) is 5.91 Å². The van der Waals surface area contributed by atoms with Gasteiger partial charge < -0.3 is 15.6 Å². The van der Waals surface area contributed by atoms with Crippen LogP contribution >= 0.6 is 0 Å². The van der Waals surface area contributed by atoms with Gasteiger partial charge in [-0.3, -0.25) is 4.79 Å². The molecule has 0 aliphatic carbocycles. The Labute approximate surface area is 65.8 Å². The first kappa shape index (κ1) is 10.4. The molecule has 0 aromatic carbocycles. The molecule has 4 N–H and O–H groups in total. The Kier molecular flexibility index (Phi) is 4.09. The minimum absolute atomic E-state index is 0.0233. The van der Waals surface area contributed by atoms with E-state index in [2.05, 4.69) is 11.2 Å². The van der Waals surface area contributed by atoms with Gasteiger partial charge in [0, 0.05) is 6.54 Å². The third kappa shape index (κ3) is 9.41. The van der Waals surface area contributed by atoms with Crippen LogP contribution in [-0.4, -0.2) is 39.4 Å². The third-order valence-electron chi connectivity index (χ3n) is 0.897. The lowest BCUT2D eigenvalue weighted by Crippen LogP contribution is -2.31. The molecule has 0 radical (unpaired) electrons. The highest BCUT2D eigenvalue weighted by Gasteiger charge is 1.97. The predicted octanol–water partition coefficient (Wildman–Crippen LogP) is -1.75. The predicted molar refractivity (Wildman–Crippen MR) is 44.8 cm³/mol. The van der Waals surface area contributed by atoms with Crippen molar-refractivity contribution in [1.82, 2.24) is 5.32 Å². The van der Waals surface area contributed by atoms with Crippen LogP contribution in [0.4, 0.5) is 0 Å². The molecule has 0 saturated carbocycles. The molecule has 0 heterocycles. The Morgan fingerprint density at radius 3 is 2.64 bits per heavy atom. The SMILES string of the molecule is C=S(=O)(O)CCNCC(N)=O. The van der Waals surface area contributed by atoms with Crippen LogP contribution in [0.1, 0.15) is 0 Å². The summed E-state index contributed by atoms with van der Waals surface area (Å²) < 4.78 is 19.2. The summed E-state index contributed by atoms with van der Waals surface area (Å²) in [4.78, 5) is 10.1. The standard InChI is InChI=1S/C5H12N2O3S/c1-11(9,10)3-2-7-4-5(6)8/h7H,1-4H2,(H2,6,8)(H,9,10). The second-order valence-corrected chi connectivity index (χ2v) is 4.07. The fourth-order valence-electron chi connectivity index (χ4n) is 0.443. The summed E-state index contributed by atoms with van der Waals surface area (Å²) in [5.74, 6) is 2.55. The molecule has 1 amide bonds. The maximum atomic E-state index is 10.5. The van der Waals surface area contributed by atoms with E-state index in [0.717, 1.165) is 0 Å².